The third-order valence-corrected chi connectivity index (χ3v) is 4.85. The largest absolute Gasteiger partial charge is 0.394 e. The predicted molar refractivity (Wildman–Crippen MR) is 79.6 cm³/mol. The number of ether oxygens (including phenoxy) is 1. The molecule has 0 radical (unpaired) electrons. The molecule has 0 saturated carbocycles. The smallest absolute Gasteiger partial charge is 0.270 e. The minimum atomic E-state index is -0.751. The van der Waals surface area contributed by atoms with Crippen LogP contribution in [0.1, 0.15) is 12.6 Å². The van der Waals surface area contributed by atoms with Crippen LogP contribution in [0, 0.1) is 0 Å². The van der Waals surface area contributed by atoms with E-state index >= 15 is 0 Å². The van der Waals surface area contributed by atoms with Gasteiger partial charge in [-0.3, -0.25) is 9.78 Å². The van der Waals surface area contributed by atoms with Crippen molar-refractivity contribution in [1.29, 1.82) is 0 Å². The maximum atomic E-state index is 11.9. The Hall–Kier alpha value is -2.01. The van der Waals surface area contributed by atoms with Crippen LogP contribution in [0.3, 0.4) is 0 Å². The second-order valence-corrected chi connectivity index (χ2v) is 6.15. The van der Waals surface area contributed by atoms with E-state index in [4.69, 9.17) is 10.5 Å². The van der Waals surface area contributed by atoms with Crippen LogP contribution in [-0.4, -0.2) is 48.5 Å². The molecule has 5 N–H and O–H groups in total. The summed E-state index contributed by atoms with van der Waals surface area (Å²) in [6.07, 6.45) is 0.0496. The zero-order chi connectivity index (χ0) is 15.4. The molecule has 0 amide bonds. The van der Waals surface area contributed by atoms with Gasteiger partial charge in [0.15, 0.2) is 0 Å². The van der Waals surface area contributed by atoms with Crippen molar-refractivity contribution in [2.75, 3.05) is 12.3 Å². The highest BCUT2D eigenvalue weighted by Gasteiger charge is 2.35. The maximum Gasteiger partial charge on any atom is 0.270 e. The first-order chi connectivity index (χ1) is 10.6. The summed E-state index contributed by atoms with van der Waals surface area (Å²) in [6.45, 7) is -0.259. The Morgan fingerprint density at radius 3 is 3.14 bits per heavy atom. The number of imidazole rings is 1. The first-order valence-electron chi connectivity index (χ1n) is 6.67. The average molecular weight is 323 g/mol. The molecule has 0 spiro atoms. The topological polar surface area (TPSA) is 139 Å². The average Bonchev–Trinajstić information content (AvgIpc) is 3.12. The molecule has 22 heavy (non-hydrogen) atoms. The van der Waals surface area contributed by atoms with Crippen molar-refractivity contribution in [2.24, 2.45) is 0 Å². The number of nitrogens with one attached hydrogen (secondary N) is 1. The Balaban J connectivity index is 1.91. The minimum absolute atomic E-state index is 0.0329. The molecule has 4 heterocycles. The molecular formula is C12H13N5O4S. The lowest BCUT2D eigenvalue weighted by Gasteiger charge is -2.13. The third kappa shape index (κ3) is 1.85. The molecule has 4 rings (SSSR count). The van der Waals surface area contributed by atoms with Gasteiger partial charge in [-0.05, 0) is 0 Å². The van der Waals surface area contributed by atoms with E-state index in [0.717, 1.165) is 0 Å². The molecule has 3 atom stereocenters. The van der Waals surface area contributed by atoms with Crippen LogP contribution in [0.5, 0.6) is 0 Å². The summed E-state index contributed by atoms with van der Waals surface area (Å²) in [4.78, 5) is 23.5. The first kappa shape index (κ1) is 13.6. The molecule has 1 fully saturated rings. The van der Waals surface area contributed by atoms with Crippen molar-refractivity contribution in [1.82, 2.24) is 19.5 Å². The van der Waals surface area contributed by atoms with E-state index in [2.05, 4.69) is 15.0 Å². The molecule has 0 bridgehead atoms. The molecular weight excluding hydrogens is 310 g/mol. The Morgan fingerprint density at radius 2 is 2.41 bits per heavy atom. The van der Waals surface area contributed by atoms with Crippen molar-refractivity contribution < 1.29 is 14.9 Å². The quantitative estimate of drug-likeness (QED) is 0.501. The number of anilines is 1. The molecule has 1 aliphatic rings. The van der Waals surface area contributed by atoms with E-state index in [9.17, 15) is 15.0 Å². The fourth-order valence-corrected chi connectivity index (χ4v) is 3.72. The molecule has 9 nitrogen and oxygen atoms in total. The highest BCUT2D eigenvalue weighted by molar-refractivity contribution is 7.25. The number of aliphatic hydroxyl groups is 2. The van der Waals surface area contributed by atoms with Crippen LogP contribution < -0.4 is 11.3 Å². The van der Waals surface area contributed by atoms with Crippen LogP contribution in [0.4, 0.5) is 5.95 Å². The number of aliphatic hydroxyl groups excluding tert-OH is 2. The number of hydrogen-bond acceptors (Lipinski definition) is 8. The van der Waals surface area contributed by atoms with Gasteiger partial charge in [-0.1, -0.05) is 0 Å². The zero-order valence-corrected chi connectivity index (χ0v) is 12.1. The van der Waals surface area contributed by atoms with Gasteiger partial charge in [-0.25, -0.2) is 9.97 Å². The van der Waals surface area contributed by atoms with Crippen LogP contribution in [0.25, 0.3) is 20.6 Å². The zero-order valence-electron chi connectivity index (χ0n) is 11.3. The van der Waals surface area contributed by atoms with E-state index < -0.39 is 18.4 Å². The number of aromatic nitrogens is 4. The molecule has 1 saturated heterocycles. The lowest BCUT2D eigenvalue weighted by molar-refractivity contribution is -0.0430. The van der Waals surface area contributed by atoms with Crippen molar-refractivity contribution in [2.45, 2.75) is 24.9 Å². The Labute approximate surface area is 127 Å². The molecule has 116 valence electrons. The van der Waals surface area contributed by atoms with E-state index in [1.807, 2.05) is 0 Å². The van der Waals surface area contributed by atoms with E-state index in [-0.39, 0.29) is 18.1 Å². The first-order valence-corrected chi connectivity index (χ1v) is 7.49. The number of rotatable bonds is 2. The number of aromatic amines is 1. The standard InChI is InChI=1S/C12H13N5O4S/c13-12-15-7-8-11(22-9(7)10(20)16-12)14-3-17(8)6-1-4(19)5(2-18)21-6/h3-6,18-19H,1-2H2,(H3,13,15,16,20)/t4-,5+,6+/m0/s1. The Kier molecular flexibility index (Phi) is 2.94. The molecule has 0 unspecified atom stereocenters. The second kappa shape index (κ2) is 4.74. The maximum absolute atomic E-state index is 11.9. The highest BCUT2D eigenvalue weighted by atomic mass is 32.1. The van der Waals surface area contributed by atoms with Gasteiger partial charge in [-0.15, -0.1) is 11.3 Å². The van der Waals surface area contributed by atoms with E-state index in [1.54, 1.807) is 10.9 Å². The van der Waals surface area contributed by atoms with Gasteiger partial charge in [-0.2, -0.15) is 0 Å². The molecule has 10 heteroatoms. The summed E-state index contributed by atoms with van der Waals surface area (Å²) in [7, 11) is 0. The number of nitrogens with two attached hydrogens (primary N) is 1. The number of nitrogens with zero attached hydrogens (tertiary/aromatic N) is 3. The summed E-state index contributed by atoms with van der Waals surface area (Å²) >= 11 is 1.22. The van der Waals surface area contributed by atoms with Crippen LogP contribution >= 0.6 is 11.3 Å². The number of H-pyrrole nitrogens is 1. The monoisotopic (exact) mass is 323 g/mol. The summed E-state index contributed by atoms with van der Waals surface area (Å²) in [5.74, 6) is 0.0329. The van der Waals surface area contributed by atoms with Crippen molar-refractivity contribution in [3.05, 3.63) is 16.7 Å². The van der Waals surface area contributed by atoms with Gasteiger partial charge in [0.2, 0.25) is 5.95 Å². The number of fused-ring (bicyclic) bond motifs is 3. The van der Waals surface area contributed by atoms with Gasteiger partial charge in [0.05, 0.1) is 19.0 Å². The fraction of sp³-hybridized carbons (Fsp3) is 0.417. The second-order valence-electron chi connectivity index (χ2n) is 5.15. The summed E-state index contributed by atoms with van der Waals surface area (Å²) in [5, 5.41) is 19.1. The van der Waals surface area contributed by atoms with Gasteiger partial charge in [0, 0.05) is 6.42 Å². The van der Waals surface area contributed by atoms with Gasteiger partial charge < -0.3 is 25.3 Å². The van der Waals surface area contributed by atoms with Crippen molar-refractivity contribution in [3.63, 3.8) is 0 Å². The Bertz CT molecular complexity index is 915. The van der Waals surface area contributed by atoms with Crippen LogP contribution in [0.2, 0.25) is 0 Å². The predicted octanol–water partition coefficient (Wildman–Crippen LogP) is -0.443. The third-order valence-electron chi connectivity index (χ3n) is 3.77. The lowest BCUT2D eigenvalue weighted by Crippen LogP contribution is -2.24. The molecule has 3 aromatic heterocycles. The summed E-state index contributed by atoms with van der Waals surface area (Å²) < 4.78 is 7.80. The molecule has 0 aromatic carbocycles. The number of nitrogen functional groups attached to an aromatic ring is 1. The van der Waals surface area contributed by atoms with Crippen LogP contribution in [0.15, 0.2) is 11.1 Å². The fourth-order valence-electron chi connectivity index (χ4n) is 2.74. The van der Waals surface area contributed by atoms with Crippen molar-refractivity contribution >= 4 is 37.8 Å². The van der Waals surface area contributed by atoms with Gasteiger partial charge in [0.25, 0.3) is 5.56 Å². The Morgan fingerprint density at radius 1 is 1.59 bits per heavy atom. The van der Waals surface area contributed by atoms with Gasteiger partial charge in [0.1, 0.15) is 32.9 Å². The normalized spacial score (nSPS) is 25.5. The molecule has 1 aliphatic heterocycles. The van der Waals surface area contributed by atoms with E-state index in [1.165, 1.54) is 11.3 Å². The summed E-state index contributed by atoms with van der Waals surface area (Å²) in [6, 6.07) is 0. The number of thiophene rings is 1. The number of hydrogen-bond donors (Lipinski definition) is 4. The highest BCUT2D eigenvalue weighted by Crippen LogP contribution is 2.36. The van der Waals surface area contributed by atoms with Crippen molar-refractivity contribution in [3.8, 4) is 0 Å². The summed E-state index contributed by atoms with van der Waals surface area (Å²) in [5.41, 5.74) is 6.42. The van der Waals surface area contributed by atoms with Crippen LogP contribution in [-0.2, 0) is 4.74 Å². The van der Waals surface area contributed by atoms with Gasteiger partial charge >= 0.3 is 0 Å². The molecule has 0 aliphatic carbocycles. The molecule has 3 aromatic rings. The van der Waals surface area contributed by atoms with E-state index in [0.29, 0.717) is 27.0 Å². The SMILES string of the molecule is Nc1nc2c(sc3ncn([C@H]4C[C@H](O)[C@@H](CO)O4)c32)c(=O)[nH]1. The minimum Gasteiger partial charge on any atom is -0.394 e. The lowest BCUT2D eigenvalue weighted by atomic mass is 10.2.